The van der Waals surface area contributed by atoms with Gasteiger partial charge in [-0.2, -0.15) is 0 Å². The number of nitrogens with one attached hydrogen (secondary N) is 1. The molecule has 1 saturated heterocycles. The first-order valence-electron chi connectivity index (χ1n) is 7.37. The van der Waals surface area contributed by atoms with Crippen LogP contribution >= 0.6 is 0 Å². The molecule has 1 aromatic rings. The lowest BCUT2D eigenvalue weighted by atomic mass is 9.46. The number of carboxylic acid groups (broad SMARTS) is 1. The summed E-state index contributed by atoms with van der Waals surface area (Å²) in [5, 5.41) is 11.9. The van der Waals surface area contributed by atoms with Crippen molar-refractivity contribution in [3.8, 4) is 0 Å². The molecule has 0 aromatic carbocycles. The topological polar surface area (TPSA) is 88.8 Å². The zero-order valence-electron chi connectivity index (χ0n) is 11.5. The van der Waals surface area contributed by atoms with Gasteiger partial charge in [-0.15, -0.1) is 0 Å². The van der Waals surface area contributed by atoms with Gasteiger partial charge in [0.2, 0.25) is 5.76 Å². The normalized spacial score (nSPS) is 32.1. The minimum Gasteiger partial charge on any atom is -0.475 e. The van der Waals surface area contributed by atoms with Crippen molar-refractivity contribution in [2.75, 3.05) is 6.61 Å². The van der Waals surface area contributed by atoms with Crippen molar-refractivity contribution in [1.29, 1.82) is 0 Å². The van der Waals surface area contributed by atoms with Crippen LogP contribution in [0.2, 0.25) is 0 Å². The van der Waals surface area contributed by atoms with E-state index in [-0.39, 0.29) is 28.9 Å². The van der Waals surface area contributed by atoms with Crippen LogP contribution < -0.4 is 5.32 Å². The fourth-order valence-electron chi connectivity index (χ4n) is 4.24. The van der Waals surface area contributed by atoms with E-state index < -0.39 is 5.97 Å². The number of ether oxygens (including phenoxy) is 1. The summed E-state index contributed by atoms with van der Waals surface area (Å²) in [5.74, 6) is -1.26. The van der Waals surface area contributed by atoms with E-state index in [0.717, 1.165) is 25.9 Å². The maximum Gasteiger partial charge on any atom is 0.371 e. The number of hydrogen-bond donors (Lipinski definition) is 2. The Bertz CT molecular complexity index is 603. The number of hydrogen-bond acceptors (Lipinski definition) is 4. The Labute approximate surface area is 121 Å². The fraction of sp³-hybridized carbons (Fsp3) is 0.600. The zero-order valence-corrected chi connectivity index (χ0v) is 11.5. The quantitative estimate of drug-likeness (QED) is 0.884. The third-order valence-corrected chi connectivity index (χ3v) is 5.36. The maximum atomic E-state index is 12.3. The Hall–Kier alpha value is -1.82. The van der Waals surface area contributed by atoms with E-state index in [1.54, 1.807) is 0 Å². The lowest BCUT2D eigenvalue weighted by Crippen LogP contribution is -2.71. The predicted molar refractivity (Wildman–Crippen MR) is 71.1 cm³/mol. The highest BCUT2D eigenvalue weighted by Gasteiger charge is 2.67. The molecule has 0 bridgehead atoms. The molecular weight excluding hydrogens is 274 g/mol. The van der Waals surface area contributed by atoms with E-state index in [2.05, 4.69) is 5.32 Å². The number of aromatic carboxylic acids is 1. The SMILES string of the molecule is O=C(O)c1ccc(C(=O)NC2C3CCOC3C23CCC3)o1. The van der Waals surface area contributed by atoms with Crippen LogP contribution in [0, 0.1) is 11.3 Å². The standard InChI is InChI=1S/C15H17NO5/c17-13(9-2-3-10(21-9)14(18)19)16-11-8-4-7-20-12(8)15(11)5-1-6-15/h2-3,8,11-12H,1,4-7H2,(H,16,17)(H,18,19). The van der Waals surface area contributed by atoms with Crippen molar-refractivity contribution in [2.24, 2.45) is 11.3 Å². The van der Waals surface area contributed by atoms with Crippen molar-refractivity contribution in [3.05, 3.63) is 23.7 Å². The van der Waals surface area contributed by atoms with Gasteiger partial charge in [-0.3, -0.25) is 4.79 Å². The molecule has 2 saturated carbocycles. The Morgan fingerprint density at radius 2 is 2.05 bits per heavy atom. The van der Waals surface area contributed by atoms with Gasteiger partial charge < -0.3 is 19.6 Å². The van der Waals surface area contributed by atoms with Crippen LogP contribution in [0.15, 0.2) is 16.5 Å². The summed E-state index contributed by atoms with van der Waals surface area (Å²) in [6.45, 7) is 0.771. The predicted octanol–water partition coefficient (Wildman–Crippen LogP) is 1.67. The summed E-state index contributed by atoms with van der Waals surface area (Å²) in [6, 6.07) is 2.84. The maximum absolute atomic E-state index is 12.3. The van der Waals surface area contributed by atoms with E-state index in [1.807, 2.05) is 0 Å². The smallest absolute Gasteiger partial charge is 0.371 e. The van der Waals surface area contributed by atoms with Crippen LogP contribution in [-0.4, -0.2) is 35.7 Å². The lowest BCUT2D eigenvalue weighted by Gasteiger charge is -2.63. The molecule has 4 rings (SSSR count). The highest BCUT2D eigenvalue weighted by Crippen LogP contribution is 2.62. The van der Waals surface area contributed by atoms with Gasteiger partial charge in [0.25, 0.3) is 5.91 Å². The molecule has 2 heterocycles. The minimum absolute atomic E-state index is 0.0595. The first-order valence-corrected chi connectivity index (χ1v) is 7.37. The van der Waals surface area contributed by atoms with Gasteiger partial charge in [0, 0.05) is 24.0 Å². The van der Waals surface area contributed by atoms with Crippen LogP contribution in [-0.2, 0) is 4.74 Å². The second kappa shape index (κ2) is 4.34. The molecule has 1 aromatic heterocycles. The van der Waals surface area contributed by atoms with Crippen molar-refractivity contribution in [2.45, 2.75) is 37.8 Å². The molecule has 0 radical (unpaired) electrons. The van der Waals surface area contributed by atoms with Gasteiger partial charge in [-0.05, 0) is 31.4 Å². The molecule has 3 aliphatic rings. The summed E-state index contributed by atoms with van der Waals surface area (Å²) < 4.78 is 10.9. The van der Waals surface area contributed by atoms with Crippen molar-refractivity contribution >= 4 is 11.9 Å². The molecule has 6 heteroatoms. The fourth-order valence-corrected chi connectivity index (χ4v) is 4.24. The highest BCUT2D eigenvalue weighted by atomic mass is 16.5. The van der Waals surface area contributed by atoms with Crippen LogP contribution in [0.4, 0.5) is 0 Å². The highest BCUT2D eigenvalue weighted by molar-refractivity contribution is 5.93. The summed E-state index contributed by atoms with van der Waals surface area (Å²) >= 11 is 0. The Morgan fingerprint density at radius 1 is 1.29 bits per heavy atom. The van der Waals surface area contributed by atoms with E-state index in [1.165, 1.54) is 18.6 Å². The summed E-state index contributed by atoms with van der Waals surface area (Å²) in [5.41, 5.74) is 0.110. The third-order valence-electron chi connectivity index (χ3n) is 5.36. The Morgan fingerprint density at radius 3 is 2.67 bits per heavy atom. The summed E-state index contributed by atoms with van der Waals surface area (Å²) in [6.07, 6.45) is 4.65. The number of amides is 1. The largest absolute Gasteiger partial charge is 0.475 e. The Balaban J connectivity index is 1.50. The molecule has 3 atom stereocenters. The van der Waals surface area contributed by atoms with Crippen LogP contribution in [0.25, 0.3) is 0 Å². The molecule has 1 amide bonds. The molecule has 2 aliphatic carbocycles. The van der Waals surface area contributed by atoms with E-state index in [0.29, 0.717) is 12.0 Å². The van der Waals surface area contributed by atoms with Gasteiger partial charge in [0.15, 0.2) is 5.76 Å². The summed E-state index contributed by atoms with van der Waals surface area (Å²) in [4.78, 5) is 23.1. The number of rotatable bonds is 3. The molecule has 2 N–H and O–H groups in total. The van der Waals surface area contributed by atoms with Crippen LogP contribution in [0.3, 0.4) is 0 Å². The molecule has 3 fully saturated rings. The molecule has 21 heavy (non-hydrogen) atoms. The molecule has 1 spiro atoms. The lowest BCUT2D eigenvalue weighted by molar-refractivity contribution is -0.172. The number of fused-ring (bicyclic) bond motifs is 2. The van der Waals surface area contributed by atoms with Crippen molar-refractivity contribution in [1.82, 2.24) is 5.32 Å². The van der Waals surface area contributed by atoms with E-state index in [4.69, 9.17) is 14.3 Å². The van der Waals surface area contributed by atoms with Gasteiger partial charge in [0.1, 0.15) is 0 Å². The zero-order chi connectivity index (χ0) is 14.6. The monoisotopic (exact) mass is 291 g/mol. The first-order chi connectivity index (χ1) is 10.1. The second-order valence-electron chi connectivity index (χ2n) is 6.25. The molecular formula is C15H17NO5. The van der Waals surface area contributed by atoms with E-state index >= 15 is 0 Å². The number of furan rings is 1. The number of carbonyl (C=O) groups excluding carboxylic acids is 1. The average Bonchev–Trinajstić information content (AvgIpc) is 3.01. The van der Waals surface area contributed by atoms with Crippen LogP contribution in [0.5, 0.6) is 0 Å². The van der Waals surface area contributed by atoms with Gasteiger partial charge >= 0.3 is 5.97 Å². The van der Waals surface area contributed by atoms with Crippen LogP contribution in [0.1, 0.15) is 46.8 Å². The second-order valence-corrected chi connectivity index (χ2v) is 6.25. The van der Waals surface area contributed by atoms with Crippen molar-refractivity contribution in [3.63, 3.8) is 0 Å². The third kappa shape index (κ3) is 1.68. The Kier molecular flexibility index (Phi) is 2.66. The molecule has 112 valence electrons. The summed E-state index contributed by atoms with van der Waals surface area (Å²) in [7, 11) is 0. The molecule has 6 nitrogen and oxygen atoms in total. The minimum atomic E-state index is -1.17. The van der Waals surface area contributed by atoms with Crippen molar-refractivity contribution < 1.29 is 23.8 Å². The van der Waals surface area contributed by atoms with Gasteiger partial charge in [-0.25, -0.2) is 4.79 Å². The van der Waals surface area contributed by atoms with Gasteiger partial charge in [-0.1, -0.05) is 6.42 Å². The van der Waals surface area contributed by atoms with E-state index in [9.17, 15) is 9.59 Å². The number of carboxylic acids is 1. The number of carbonyl (C=O) groups is 2. The first kappa shape index (κ1) is 12.9. The molecule has 1 aliphatic heterocycles. The van der Waals surface area contributed by atoms with Gasteiger partial charge in [0.05, 0.1) is 6.10 Å². The average molecular weight is 291 g/mol. The molecule has 3 unspecified atom stereocenters.